The van der Waals surface area contributed by atoms with Crippen molar-refractivity contribution in [3.8, 4) is 0 Å². The Morgan fingerprint density at radius 1 is 1.37 bits per heavy atom. The van der Waals surface area contributed by atoms with Crippen molar-refractivity contribution in [2.24, 2.45) is 5.92 Å². The lowest BCUT2D eigenvalue weighted by molar-refractivity contribution is -0.140. The molecule has 0 spiro atoms. The number of hydrogen-bond acceptors (Lipinski definition) is 4. The van der Waals surface area contributed by atoms with Gasteiger partial charge in [-0.2, -0.15) is 0 Å². The lowest BCUT2D eigenvalue weighted by Crippen LogP contribution is -2.52. The van der Waals surface area contributed by atoms with Crippen molar-refractivity contribution in [3.05, 3.63) is 0 Å². The summed E-state index contributed by atoms with van der Waals surface area (Å²) in [7, 11) is 0. The summed E-state index contributed by atoms with van der Waals surface area (Å²) in [5.74, 6) is -0.0320. The number of nitrogens with zero attached hydrogens (tertiary/aromatic N) is 1. The molecule has 19 heavy (non-hydrogen) atoms. The molecular formula is C13H23N3O3. The smallest absolute Gasteiger partial charge is 0.245 e. The third-order valence-electron chi connectivity index (χ3n) is 3.72. The van der Waals surface area contributed by atoms with Gasteiger partial charge in [0.05, 0.1) is 19.1 Å². The summed E-state index contributed by atoms with van der Waals surface area (Å²) in [5, 5.41) is 6.04. The van der Waals surface area contributed by atoms with Gasteiger partial charge in [0.15, 0.2) is 0 Å². The van der Waals surface area contributed by atoms with E-state index in [4.69, 9.17) is 4.74 Å². The summed E-state index contributed by atoms with van der Waals surface area (Å²) in [6.45, 7) is 5.84. The van der Waals surface area contributed by atoms with E-state index in [-0.39, 0.29) is 17.7 Å². The summed E-state index contributed by atoms with van der Waals surface area (Å²) in [4.78, 5) is 26.0. The molecule has 2 amide bonds. The number of ether oxygens (including phenoxy) is 1. The number of morpholine rings is 1. The van der Waals surface area contributed by atoms with Crippen molar-refractivity contribution in [1.29, 1.82) is 0 Å². The molecule has 108 valence electrons. The number of hydrogen-bond donors (Lipinski definition) is 2. The Kier molecular flexibility index (Phi) is 5.15. The topological polar surface area (TPSA) is 70.7 Å². The Labute approximate surface area is 113 Å². The number of rotatable bonds is 3. The van der Waals surface area contributed by atoms with Gasteiger partial charge in [-0.15, -0.1) is 0 Å². The number of amides is 2. The van der Waals surface area contributed by atoms with Crippen molar-refractivity contribution < 1.29 is 14.3 Å². The molecule has 0 aliphatic carbocycles. The summed E-state index contributed by atoms with van der Waals surface area (Å²) >= 11 is 0. The molecule has 2 fully saturated rings. The third kappa shape index (κ3) is 3.91. The van der Waals surface area contributed by atoms with Crippen LogP contribution in [0.3, 0.4) is 0 Å². The standard InChI is InChI=1S/C13H23N3O3/c1-10(13(18)16-5-7-19-8-6-16)15-12(17)11-3-2-4-14-9-11/h10-11,14H,2-9H2,1H3,(H,15,17). The molecule has 2 N–H and O–H groups in total. The largest absolute Gasteiger partial charge is 0.378 e. The average molecular weight is 269 g/mol. The van der Waals surface area contributed by atoms with Crippen LogP contribution in [-0.4, -0.2) is 62.1 Å². The minimum absolute atomic E-state index is 0.00584. The molecule has 0 aromatic carbocycles. The van der Waals surface area contributed by atoms with Crippen LogP contribution in [0.25, 0.3) is 0 Å². The van der Waals surface area contributed by atoms with Gasteiger partial charge in [-0.1, -0.05) is 0 Å². The first-order chi connectivity index (χ1) is 9.18. The zero-order valence-corrected chi connectivity index (χ0v) is 11.5. The molecule has 2 atom stereocenters. The molecule has 0 bridgehead atoms. The van der Waals surface area contributed by atoms with Crippen LogP contribution in [0.5, 0.6) is 0 Å². The van der Waals surface area contributed by atoms with E-state index in [0.717, 1.165) is 19.4 Å². The molecule has 0 aromatic heterocycles. The average Bonchev–Trinajstić information content (AvgIpc) is 2.48. The molecule has 6 heteroatoms. The highest BCUT2D eigenvalue weighted by molar-refractivity contribution is 5.88. The van der Waals surface area contributed by atoms with E-state index in [2.05, 4.69) is 10.6 Å². The molecule has 2 aliphatic heterocycles. The molecule has 2 saturated heterocycles. The van der Waals surface area contributed by atoms with Gasteiger partial charge in [-0.05, 0) is 26.3 Å². The third-order valence-corrected chi connectivity index (χ3v) is 3.72. The van der Waals surface area contributed by atoms with Crippen LogP contribution in [0.15, 0.2) is 0 Å². The summed E-state index contributed by atoms with van der Waals surface area (Å²) in [6, 6.07) is -0.451. The quantitative estimate of drug-likeness (QED) is 0.714. The Bertz CT molecular complexity index is 323. The predicted molar refractivity (Wildman–Crippen MR) is 70.6 cm³/mol. The van der Waals surface area contributed by atoms with Gasteiger partial charge < -0.3 is 20.3 Å². The van der Waals surface area contributed by atoms with Crippen LogP contribution in [0.2, 0.25) is 0 Å². The van der Waals surface area contributed by atoms with E-state index >= 15 is 0 Å². The van der Waals surface area contributed by atoms with E-state index in [1.54, 1.807) is 11.8 Å². The van der Waals surface area contributed by atoms with Gasteiger partial charge in [0.2, 0.25) is 11.8 Å². The molecule has 0 radical (unpaired) electrons. The Hall–Kier alpha value is -1.14. The van der Waals surface area contributed by atoms with Crippen LogP contribution in [0, 0.1) is 5.92 Å². The zero-order valence-electron chi connectivity index (χ0n) is 11.5. The van der Waals surface area contributed by atoms with E-state index < -0.39 is 6.04 Å². The first-order valence-electron chi connectivity index (χ1n) is 7.06. The first-order valence-corrected chi connectivity index (χ1v) is 7.06. The fraction of sp³-hybridized carbons (Fsp3) is 0.846. The van der Waals surface area contributed by atoms with Crippen LogP contribution in [0.4, 0.5) is 0 Å². The second-order valence-corrected chi connectivity index (χ2v) is 5.21. The van der Waals surface area contributed by atoms with E-state index in [1.165, 1.54) is 0 Å². The maximum absolute atomic E-state index is 12.2. The number of carbonyl (C=O) groups is 2. The predicted octanol–water partition coefficient (Wildman–Crippen LogP) is -0.650. The molecule has 2 aliphatic rings. The Balaban J connectivity index is 1.80. The molecule has 2 unspecified atom stereocenters. The summed E-state index contributed by atoms with van der Waals surface area (Å²) < 4.78 is 5.22. The molecule has 0 saturated carbocycles. The molecular weight excluding hydrogens is 246 g/mol. The zero-order chi connectivity index (χ0) is 13.7. The van der Waals surface area contributed by atoms with Gasteiger partial charge in [-0.3, -0.25) is 9.59 Å². The van der Waals surface area contributed by atoms with Crippen molar-refractivity contribution in [3.63, 3.8) is 0 Å². The highest BCUT2D eigenvalue weighted by atomic mass is 16.5. The van der Waals surface area contributed by atoms with Gasteiger partial charge >= 0.3 is 0 Å². The van der Waals surface area contributed by atoms with Crippen molar-refractivity contribution in [2.75, 3.05) is 39.4 Å². The number of nitrogens with one attached hydrogen (secondary N) is 2. The van der Waals surface area contributed by atoms with Gasteiger partial charge in [0, 0.05) is 19.6 Å². The second-order valence-electron chi connectivity index (χ2n) is 5.21. The second kappa shape index (κ2) is 6.86. The lowest BCUT2D eigenvalue weighted by atomic mass is 9.98. The number of piperidine rings is 1. The fourth-order valence-electron chi connectivity index (χ4n) is 2.53. The summed E-state index contributed by atoms with van der Waals surface area (Å²) in [6.07, 6.45) is 1.92. The SMILES string of the molecule is CC(NC(=O)C1CCCNC1)C(=O)N1CCOCC1. The van der Waals surface area contributed by atoms with Crippen LogP contribution < -0.4 is 10.6 Å². The van der Waals surface area contributed by atoms with Gasteiger partial charge in [-0.25, -0.2) is 0 Å². The van der Waals surface area contributed by atoms with Crippen molar-refractivity contribution >= 4 is 11.8 Å². The Morgan fingerprint density at radius 2 is 2.11 bits per heavy atom. The monoisotopic (exact) mass is 269 g/mol. The van der Waals surface area contributed by atoms with Gasteiger partial charge in [0.1, 0.15) is 6.04 Å². The molecule has 2 rings (SSSR count). The highest BCUT2D eigenvalue weighted by Gasteiger charge is 2.27. The normalized spacial score (nSPS) is 25.7. The Morgan fingerprint density at radius 3 is 2.74 bits per heavy atom. The van der Waals surface area contributed by atoms with Crippen LogP contribution >= 0.6 is 0 Å². The lowest BCUT2D eigenvalue weighted by Gasteiger charge is -2.30. The molecule has 0 aromatic rings. The van der Waals surface area contributed by atoms with E-state index in [9.17, 15) is 9.59 Å². The van der Waals surface area contributed by atoms with Crippen molar-refractivity contribution in [1.82, 2.24) is 15.5 Å². The molecule has 6 nitrogen and oxygen atoms in total. The maximum Gasteiger partial charge on any atom is 0.245 e. The van der Waals surface area contributed by atoms with E-state index in [0.29, 0.717) is 32.8 Å². The van der Waals surface area contributed by atoms with Gasteiger partial charge in [0.25, 0.3) is 0 Å². The van der Waals surface area contributed by atoms with Crippen molar-refractivity contribution in [2.45, 2.75) is 25.8 Å². The highest BCUT2D eigenvalue weighted by Crippen LogP contribution is 2.10. The maximum atomic E-state index is 12.2. The fourth-order valence-corrected chi connectivity index (χ4v) is 2.53. The minimum Gasteiger partial charge on any atom is -0.378 e. The van der Waals surface area contributed by atoms with E-state index in [1.807, 2.05) is 0 Å². The first kappa shape index (κ1) is 14.3. The number of carbonyl (C=O) groups excluding carboxylic acids is 2. The summed E-state index contributed by atoms with van der Waals surface area (Å²) in [5.41, 5.74) is 0. The van der Waals surface area contributed by atoms with Crippen LogP contribution in [0.1, 0.15) is 19.8 Å². The van der Waals surface area contributed by atoms with Crippen LogP contribution in [-0.2, 0) is 14.3 Å². The minimum atomic E-state index is -0.451. The molecule has 2 heterocycles.